The molecule has 35 heavy (non-hydrogen) atoms. The number of amides is 1. The van der Waals surface area contributed by atoms with Crippen LogP contribution in [-0.4, -0.2) is 63.3 Å². The zero-order chi connectivity index (χ0) is 24.7. The molecule has 0 saturated carbocycles. The number of primary amides is 1. The third-order valence-corrected chi connectivity index (χ3v) is 8.02. The van der Waals surface area contributed by atoms with Gasteiger partial charge in [-0.15, -0.1) is 0 Å². The van der Waals surface area contributed by atoms with E-state index >= 15 is 0 Å². The highest BCUT2D eigenvalue weighted by atomic mass is 35.5. The van der Waals surface area contributed by atoms with Gasteiger partial charge in [-0.2, -0.15) is 5.10 Å². The van der Waals surface area contributed by atoms with Gasteiger partial charge in [0.1, 0.15) is 11.3 Å². The number of carbonyl (C=O) groups excluding carboxylic acids is 1. The fraction of sp³-hybridized carbons (Fsp3) is 0.520. The fourth-order valence-corrected chi connectivity index (χ4v) is 5.95. The summed E-state index contributed by atoms with van der Waals surface area (Å²) in [4.78, 5) is 25.5. The van der Waals surface area contributed by atoms with E-state index in [2.05, 4.69) is 16.7 Å². The lowest BCUT2D eigenvalue weighted by Gasteiger charge is -2.47. The van der Waals surface area contributed by atoms with E-state index in [9.17, 15) is 4.79 Å². The van der Waals surface area contributed by atoms with Gasteiger partial charge in [-0.05, 0) is 62.8 Å². The fourth-order valence-electron chi connectivity index (χ4n) is 5.38. The monoisotopic (exact) mass is 515 g/mol. The van der Waals surface area contributed by atoms with Crippen molar-refractivity contribution >= 4 is 46.1 Å². The minimum absolute atomic E-state index is 0.113. The van der Waals surface area contributed by atoms with Crippen molar-refractivity contribution < 1.29 is 4.79 Å². The number of anilines is 1. The molecule has 0 radical (unpaired) electrons. The normalized spacial score (nSPS) is 20.2. The van der Waals surface area contributed by atoms with Crippen LogP contribution in [-0.2, 0) is 4.79 Å². The molecule has 0 spiro atoms. The number of nitrogens with two attached hydrogens (primary N) is 1. The molecule has 2 atom stereocenters. The smallest absolute Gasteiger partial charge is 0.218 e. The van der Waals surface area contributed by atoms with Crippen LogP contribution in [0.2, 0.25) is 10.0 Å². The SMILES string of the molecule is Cc1nn([C@H](C)c2ccc(Cl)cc2Cl)c2nc(N3CC([C@H]4CCCN(CCC(N)=O)C4)C3)cnc12. The van der Waals surface area contributed by atoms with Gasteiger partial charge in [-0.25, -0.2) is 14.6 Å². The third-order valence-electron chi connectivity index (χ3n) is 7.46. The summed E-state index contributed by atoms with van der Waals surface area (Å²) < 4.78 is 1.91. The van der Waals surface area contributed by atoms with Crippen molar-refractivity contribution in [3.05, 3.63) is 45.7 Å². The molecular formula is C25H31Cl2N7O. The highest BCUT2D eigenvalue weighted by molar-refractivity contribution is 6.35. The summed E-state index contributed by atoms with van der Waals surface area (Å²) in [5.74, 6) is 1.93. The molecule has 0 unspecified atom stereocenters. The molecule has 2 fully saturated rings. The number of hydrogen-bond donors (Lipinski definition) is 1. The van der Waals surface area contributed by atoms with Gasteiger partial charge in [0.2, 0.25) is 5.91 Å². The lowest BCUT2D eigenvalue weighted by molar-refractivity contribution is -0.118. The Morgan fingerprint density at radius 2 is 2.03 bits per heavy atom. The van der Waals surface area contributed by atoms with Gasteiger partial charge in [0, 0.05) is 42.6 Å². The van der Waals surface area contributed by atoms with Gasteiger partial charge in [-0.3, -0.25) is 4.79 Å². The average molecular weight is 516 g/mol. The summed E-state index contributed by atoms with van der Waals surface area (Å²) in [6, 6.07) is 5.42. The molecule has 5 rings (SSSR count). The number of halogens is 2. The summed E-state index contributed by atoms with van der Waals surface area (Å²) in [7, 11) is 0. The predicted molar refractivity (Wildman–Crippen MR) is 139 cm³/mol. The van der Waals surface area contributed by atoms with Crippen molar-refractivity contribution in [2.24, 2.45) is 17.6 Å². The molecule has 2 aliphatic heterocycles. The van der Waals surface area contributed by atoms with E-state index in [0.29, 0.717) is 28.3 Å². The van der Waals surface area contributed by atoms with Crippen LogP contribution in [0.5, 0.6) is 0 Å². The summed E-state index contributed by atoms with van der Waals surface area (Å²) >= 11 is 12.6. The molecule has 8 nitrogen and oxygen atoms in total. The molecule has 4 heterocycles. The number of aryl methyl sites for hydroxylation is 1. The molecule has 186 valence electrons. The molecule has 10 heteroatoms. The molecule has 2 N–H and O–H groups in total. The maximum absolute atomic E-state index is 11.2. The number of benzene rings is 1. The van der Waals surface area contributed by atoms with E-state index in [0.717, 1.165) is 61.0 Å². The van der Waals surface area contributed by atoms with Crippen LogP contribution in [0.4, 0.5) is 5.82 Å². The lowest BCUT2D eigenvalue weighted by Crippen LogP contribution is -2.54. The first-order valence-corrected chi connectivity index (χ1v) is 13.0. The van der Waals surface area contributed by atoms with Gasteiger partial charge in [0.15, 0.2) is 5.65 Å². The van der Waals surface area contributed by atoms with Crippen molar-refractivity contribution in [3.63, 3.8) is 0 Å². The first-order valence-electron chi connectivity index (χ1n) is 12.2. The highest BCUT2D eigenvalue weighted by Gasteiger charge is 2.36. The van der Waals surface area contributed by atoms with Crippen LogP contribution in [0, 0.1) is 18.8 Å². The topological polar surface area (TPSA) is 93.2 Å². The molecule has 3 aromatic rings. The standard InChI is InChI=1S/C25H31Cl2N7O/c1-15-24-25(34(31-15)16(2)20-6-5-19(26)10-21(20)27)30-23(11-29-24)33-13-18(14-33)17-4-3-8-32(12-17)9-7-22(28)35/h5-6,10-11,16-18H,3-4,7-9,12-14H2,1-2H3,(H2,28,35)/t16-,17+/m1/s1. The van der Waals surface area contributed by atoms with Crippen molar-refractivity contribution in [1.29, 1.82) is 0 Å². The molecular weight excluding hydrogens is 485 g/mol. The number of piperidine rings is 1. The van der Waals surface area contributed by atoms with Crippen LogP contribution in [0.1, 0.15) is 43.5 Å². The molecule has 1 amide bonds. The number of aromatic nitrogens is 4. The van der Waals surface area contributed by atoms with E-state index in [-0.39, 0.29) is 11.9 Å². The summed E-state index contributed by atoms with van der Waals surface area (Å²) in [6.07, 6.45) is 4.71. The minimum atomic E-state index is -0.224. The van der Waals surface area contributed by atoms with E-state index in [1.807, 2.05) is 29.9 Å². The molecule has 1 aromatic carbocycles. The second-order valence-electron chi connectivity index (χ2n) is 9.86. The zero-order valence-corrected chi connectivity index (χ0v) is 21.6. The Hall–Kier alpha value is -2.42. The summed E-state index contributed by atoms with van der Waals surface area (Å²) in [5.41, 5.74) is 8.69. The van der Waals surface area contributed by atoms with Crippen LogP contribution in [0.25, 0.3) is 11.2 Å². The Bertz CT molecular complexity index is 1240. The molecule has 0 bridgehead atoms. The Morgan fingerprint density at radius 1 is 1.23 bits per heavy atom. The second-order valence-corrected chi connectivity index (χ2v) is 10.7. The maximum atomic E-state index is 11.2. The number of hydrogen-bond acceptors (Lipinski definition) is 6. The highest BCUT2D eigenvalue weighted by Crippen LogP contribution is 2.35. The quantitative estimate of drug-likeness (QED) is 0.509. The first kappa shape index (κ1) is 24.3. The summed E-state index contributed by atoms with van der Waals surface area (Å²) in [5, 5.41) is 5.96. The first-order chi connectivity index (χ1) is 16.8. The number of fused-ring (bicyclic) bond motifs is 1. The van der Waals surface area contributed by atoms with E-state index in [1.54, 1.807) is 6.07 Å². The van der Waals surface area contributed by atoms with Crippen LogP contribution >= 0.6 is 23.2 Å². The van der Waals surface area contributed by atoms with Crippen molar-refractivity contribution in [1.82, 2.24) is 24.6 Å². The van der Waals surface area contributed by atoms with Crippen molar-refractivity contribution in [3.8, 4) is 0 Å². The Balaban J connectivity index is 1.30. The Morgan fingerprint density at radius 3 is 2.77 bits per heavy atom. The molecule has 0 aliphatic carbocycles. The average Bonchev–Trinajstić information content (AvgIpc) is 3.12. The molecule has 2 saturated heterocycles. The van der Waals surface area contributed by atoms with Crippen LogP contribution in [0.3, 0.4) is 0 Å². The van der Waals surface area contributed by atoms with Gasteiger partial charge in [-0.1, -0.05) is 29.3 Å². The zero-order valence-electron chi connectivity index (χ0n) is 20.1. The second kappa shape index (κ2) is 9.91. The summed E-state index contributed by atoms with van der Waals surface area (Å²) in [6.45, 7) is 8.82. The van der Waals surface area contributed by atoms with Gasteiger partial charge < -0.3 is 15.5 Å². The van der Waals surface area contributed by atoms with Crippen LogP contribution < -0.4 is 10.6 Å². The lowest BCUT2D eigenvalue weighted by atomic mass is 9.80. The van der Waals surface area contributed by atoms with Crippen LogP contribution in [0.15, 0.2) is 24.4 Å². The van der Waals surface area contributed by atoms with Crippen molar-refractivity contribution in [2.45, 2.75) is 39.2 Å². The Labute approximate surface area is 215 Å². The number of nitrogens with zero attached hydrogens (tertiary/aromatic N) is 6. The van der Waals surface area contributed by atoms with Gasteiger partial charge in [0.05, 0.1) is 17.9 Å². The van der Waals surface area contributed by atoms with Gasteiger partial charge in [0.25, 0.3) is 0 Å². The van der Waals surface area contributed by atoms with Gasteiger partial charge >= 0.3 is 0 Å². The third kappa shape index (κ3) is 4.97. The minimum Gasteiger partial charge on any atom is -0.370 e. The molecule has 2 aromatic heterocycles. The number of likely N-dealkylation sites (tertiary alicyclic amines) is 1. The molecule has 2 aliphatic rings. The predicted octanol–water partition coefficient (Wildman–Crippen LogP) is 4.07. The number of rotatable bonds is 7. The van der Waals surface area contributed by atoms with Crippen molar-refractivity contribution in [2.75, 3.05) is 37.6 Å². The van der Waals surface area contributed by atoms with E-state index < -0.39 is 0 Å². The van der Waals surface area contributed by atoms with E-state index in [4.69, 9.17) is 44.0 Å². The van der Waals surface area contributed by atoms with E-state index in [1.165, 1.54) is 12.8 Å². The largest absolute Gasteiger partial charge is 0.370 e. The Kier molecular flexibility index (Phi) is 6.88. The number of carbonyl (C=O) groups is 1. The maximum Gasteiger partial charge on any atom is 0.218 e.